The molecule has 0 unspecified atom stereocenters. The topological polar surface area (TPSA) is 29.1 Å². The van der Waals surface area contributed by atoms with Gasteiger partial charge in [-0.2, -0.15) is 0 Å². The monoisotopic (exact) mass is 241 g/mol. The molecule has 0 spiro atoms. The normalized spacial score (nSPS) is 11.5. The van der Waals surface area contributed by atoms with Crippen molar-refractivity contribution in [3.63, 3.8) is 0 Å². The highest BCUT2D eigenvalue weighted by atomic mass is 16.1. The Morgan fingerprint density at radius 2 is 1.35 bits per heavy atom. The van der Waals surface area contributed by atoms with Gasteiger partial charge < -0.3 is 5.32 Å². The van der Waals surface area contributed by atoms with Crippen molar-refractivity contribution in [2.24, 2.45) is 0 Å². The quantitative estimate of drug-likeness (QED) is 0.594. The van der Waals surface area contributed by atoms with Gasteiger partial charge in [0.2, 0.25) is 5.91 Å². The fraction of sp³-hybridized carbons (Fsp3) is 0.933. The van der Waals surface area contributed by atoms with Crippen LogP contribution in [0.2, 0.25) is 0 Å². The molecule has 0 radical (unpaired) electrons. The fourth-order valence-electron chi connectivity index (χ4n) is 1.90. The molecule has 0 aliphatic carbocycles. The SMILES string of the molecule is CCCCCCCCCCC(=O)NC(C)(C)C. The minimum atomic E-state index is -0.0861. The van der Waals surface area contributed by atoms with E-state index in [-0.39, 0.29) is 11.4 Å². The second-order valence-corrected chi connectivity index (χ2v) is 6.02. The Morgan fingerprint density at radius 1 is 0.882 bits per heavy atom. The van der Waals surface area contributed by atoms with Crippen molar-refractivity contribution < 1.29 is 4.79 Å². The van der Waals surface area contributed by atoms with Crippen LogP contribution in [-0.4, -0.2) is 11.4 Å². The van der Waals surface area contributed by atoms with Gasteiger partial charge in [-0.1, -0.05) is 51.9 Å². The molecule has 0 aliphatic heterocycles. The summed E-state index contributed by atoms with van der Waals surface area (Å²) in [5.41, 5.74) is -0.0861. The average Bonchev–Trinajstić information content (AvgIpc) is 2.19. The first kappa shape index (κ1) is 16.5. The highest BCUT2D eigenvalue weighted by Crippen LogP contribution is 2.10. The number of amides is 1. The van der Waals surface area contributed by atoms with Gasteiger partial charge in [-0.25, -0.2) is 0 Å². The van der Waals surface area contributed by atoms with E-state index >= 15 is 0 Å². The van der Waals surface area contributed by atoms with Gasteiger partial charge in [-0.3, -0.25) is 4.79 Å². The minimum Gasteiger partial charge on any atom is -0.352 e. The van der Waals surface area contributed by atoms with E-state index < -0.39 is 0 Å². The summed E-state index contributed by atoms with van der Waals surface area (Å²) < 4.78 is 0. The third-order valence-electron chi connectivity index (χ3n) is 2.77. The van der Waals surface area contributed by atoms with Gasteiger partial charge in [0.15, 0.2) is 0 Å². The molecule has 0 fully saturated rings. The van der Waals surface area contributed by atoms with E-state index in [4.69, 9.17) is 0 Å². The van der Waals surface area contributed by atoms with Gasteiger partial charge in [-0.05, 0) is 27.2 Å². The molecule has 0 saturated carbocycles. The third-order valence-corrected chi connectivity index (χ3v) is 2.77. The maximum absolute atomic E-state index is 11.5. The number of carbonyl (C=O) groups excluding carboxylic acids is 1. The van der Waals surface area contributed by atoms with E-state index in [0.717, 1.165) is 6.42 Å². The van der Waals surface area contributed by atoms with Crippen LogP contribution in [0.15, 0.2) is 0 Å². The van der Waals surface area contributed by atoms with Crippen LogP contribution in [0, 0.1) is 0 Å². The fourth-order valence-corrected chi connectivity index (χ4v) is 1.90. The van der Waals surface area contributed by atoms with Gasteiger partial charge >= 0.3 is 0 Å². The molecule has 2 nitrogen and oxygen atoms in total. The lowest BCUT2D eigenvalue weighted by atomic mass is 10.1. The van der Waals surface area contributed by atoms with E-state index in [1.54, 1.807) is 0 Å². The molecule has 0 saturated heterocycles. The van der Waals surface area contributed by atoms with Crippen molar-refractivity contribution in [2.45, 2.75) is 91.0 Å². The standard InChI is InChI=1S/C15H31NO/c1-5-6-7-8-9-10-11-12-13-14(17)16-15(2,3)4/h5-13H2,1-4H3,(H,16,17). The average molecular weight is 241 g/mol. The number of hydrogen-bond donors (Lipinski definition) is 1. The van der Waals surface area contributed by atoms with Crippen molar-refractivity contribution >= 4 is 5.91 Å². The smallest absolute Gasteiger partial charge is 0.220 e. The molecule has 0 rings (SSSR count). The van der Waals surface area contributed by atoms with Crippen LogP contribution in [0.25, 0.3) is 0 Å². The predicted octanol–water partition coefficient (Wildman–Crippen LogP) is 4.43. The van der Waals surface area contributed by atoms with Crippen molar-refractivity contribution in [1.29, 1.82) is 0 Å². The molecular formula is C15H31NO. The van der Waals surface area contributed by atoms with Gasteiger partial charge in [0.1, 0.15) is 0 Å². The van der Waals surface area contributed by atoms with Gasteiger partial charge in [-0.15, -0.1) is 0 Å². The number of hydrogen-bond acceptors (Lipinski definition) is 1. The van der Waals surface area contributed by atoms with Crippen molar-refractivity contribution in [1.82, 2.24) is 5.32 Å². The van der Waals surface area contributed by atoms with E-state index in [1.807, 2.05) is 20.8 Å². The Bertz CT molecular complexity index is 194. The summed E-state index contributed by atoms with van der Waals surface area (Å²) in [6, 6.07) is 0. The zero-order chi connectivity index (χ0) is 13.1. The molecule has 17 heavy (non-hydrogen) atoms. The first-order valence-electron chi connectivity index (χ1n) is 7.26. The summed E-state index contributed by atoms with van der Waals surface area (Å²) in [7, 11) is 0. The summed E-state index contributed by atoms with van der Waals surface area (Å²) in [5.74, 6) is 0.198. The lowest BCUT2D eigenvalue weighted by Crippen LogP contribution is -2.40. The van der Waals surface area contributed by atoms with E-state index in [0.29, 0.717) is 6.42 Å². The van der Waals surface area contributed by atoms with Crippen molar-refractivity contribution in [3.05, 3.63) is 0 Å². The van der Waals surface area contributed by atoms with Crippen LogP contribution in [0.4, 0.5) is 0 Å². The Balaban J connectivity index is 3.25. The summed E-state index contributed by atoms with van der Waals surface area (Å²) in [5, 5.41) is 3.00. The van der Waals surface area contributed by atoms with Gasteiger partial charge in [0.05, 0.1) is 0 Å². The molecule has 1 amide bonds. The van der Waals surface area contributed by atoms with Crippen LogP contribution < -0.4 is 5.32 Å². The summed E-state index contributed by atoms with van der Waals surface area (Å²) in [4.78, 5) is 11.5. The van der Waals surface area contributed by atoms with Crippen LogP contribution >= 0.6 is 0 Å². The summed E-state index contributed by atoms with van der Waals surface area (Å²) >= 11 is 0. The first-order valence-corrected chi connectivity index (χ1v) is 7.26. The Labute approximate surface area is 108 Å². The molecule has 0 atom stereocenters. The predicted molar refractivity (Wildman–Crippen MR) is 75.1 cm³/mol. The molecule has 0 aromatic carbocycles. The second kappa shape index (κ2) is 9.49. The molecule has 1 N–H and O–H groups in total. The molecule has 0 aromatic heterocycles. The summed E-state index contributed by atoms with van der Waals surface area (Å²) in [6.07, 6.45) is 11.0. The van der Waals surface area contributed by atoms with Crippen molar-refractivity contribution in [2.75, 3.05) is 0 Å². The highest BCUT2D eigenvalue weighted by molar-refractivity contribution is 5.76. The molecule has 0 aromatic rings. The first-order chi connectivity index (χ1) is 7.95. The zero-order valence-corrected chi connectivity index (χ0v) is 12.3. The maximum Gasteiger partial charge on any atom is 0.220 e. The zero-order valence-electron chi connectivity index (χ0n) is 12.3. The lowest BCUT2D eigenvalue weighted by Gasteiger charge is -2.20. The third kappa shape index (κ3) is 13.4. The number of unbranched alkanes of at least 4 members (excludes halogenated alkanes) is 7. The largest absolute Gasteiger partial charge is 0.352 e. The van der Waals surface area contributed by atoms with E-state index in [9.17, 15) is 4.79 Å². The maximum atomic E-state index is 11.5. The second-order valence-electron chi connectivity index (χ2n) is 6.02. The van der Waals surface area contributed by atoms with Crippen LogP contribution in [0.1, 0.15) is 85.5 Å². The molecule has 2 heteroatoms. The molecule has 0 heterocycles. The molecule has 0 aliphatic rings. The Kier molecular flexibility index (Phi) is 9.20. The Morgan fingerprint density at radius 3 is 1.82 bits per heavy atom. The number of carbonyl (C=O) groups is 1. The van der Waals surface area contributed by atoms with Crippen LogP contribution in [-0.2, 0) is 4.79 Å². The van der Waals surface area contributed by atoms with E-state index in [2.05, 4.69) is 12.2 Å². The lowest BCUT2D eigenvalue weighted by molar-refractivity contribution is -0.122. The van der Waals surface area contributed by atoms with E-state index in [1.165, 1.54) is 44.9 Å². The molecule has 0 bridgehead atoms. The number of rotatable bonds is 9. The van der Waals surface area contributed by atoms with Gasteiger partial charge in [0, 0.05) is 12.0 Å². The van der Waals surface area contributed by atoms with Crippen LogP contribution in [0.5, 0.6) is 0 Å². The molecule has 102 valence electrons. The highest BCUT2D eigenvalue weighted by Gasteiger charge is 2.12. The van der Waals surface area contributed by atoms with Gasteiger partial charge in [0.25, 0.3) is 0 Å². The minimum absolute atomic E-state index is 0.0861. The number of nitrogens with one attached hydrogen (secondary N) is 1. The summed E-state index contributed by atoms with van der Waals surface area (Å²) in [6.45, 7) is 8.32. The Hall–Kier alpha value is -0.530. The van der Waals surface area contributed by atoms with Crippen molar-refractivity contribution in [3.8, 4) is 0 Å². The molecular weight excluding hydrogens is 210 g/mol. The van der Waals surface area contributed by atoms with Crippen LogP contribution in [0.3, 0.4) is 0 Å².